The van der Waals surface area contributed by atoms with Gasteiger partial charge < -0.3 is 14.7 Å². The predicted molar refractivity (Wildman–Crippen MR) is 107 cm³/mol. The monoisotopic (exact) mass is 365 g/mol. The van der Waals surface area contributed by atoms with Gasteiger partial charge in [0.2, 0.25) is 5.95 Å². The summed E-state index contributed by atoms with van der Waals surface area (Å²) in [6.45, 7) is 7.19. The van der Waals surface area contributed by atoms with Crippen molar-refractivity contribution >= 4 is 17.5 Å². The number of hydrogen-bond donors (Lipinski definition) is 0. The highest BCUT2D eigenvalue weighted by Crippen LogP contribution is 2.19. The number of likely N-dealkylation sites (tertiary alicyclic amines) is 1. The van der Waals surface area contributed by atoms with E-state index in [1.807, 2.05) is 24.0 Å². The first kappa shape index (κ1) is 17.8. The number of para-hydroxylation sites is 1. The van der Waals surface area contributed by atoms with Crippen LogP contribution in [0.3, 0.4) is 0 Å². The Kier molecular flexibility index (Phi) is 5.23. The van der Waals surface area contributed by atoms with E-state index >= 15 is 0 Å². The highest BCUT2D eigenvalue weighted by Gasteiger charge is 2.23. The molecule has 0 radical (unpaired) electrons. The summed E-state index contributed by atoms with van der Waals surface area (Å²) < 4.78 is 0. The molecule has 6 nitrogen and oxygen atoms in total. The number of piperazine rings is 1. The van der Waals surface area contributed by atoms with Crippen molar-refractivity contribution in [3.8, 4) is 0 Å². The van der Waals surface area contributed by atoms with Crippen LogP contribution in [-0.2, 0) is 0 Å². The molecule has 2 aromatic rings. The summed E-state index contributed by atoms with van der Waals surface area (Å²) in [5.41, 5.74) is 2.64. The largest absolute Gasteiger partial charge is 0.368 e. The Morgan fingerprint density at radius 1 is 0.852 bits per heavy atom. The number of hydrogen-bond acceptors (Lipinski definition) is 5. The lowest BCUT2D eigenvalue weighted by Crippen LogP contribution is -2.47. The van der Waals surface area contributed by atoms with Gasteiger partial charge in [-0.2, -0.15) is 0 Å². The number of rotatable bonds is 3. The van der Waals surface area contributed by atoms with Crippen molar-refractivity contribution < 1.29 is 4.79 Å². The summed E-state index contributed by atoms with van der Waals surface area (Å²) in [7, 11) is 0. The number of benzene rings is 1. The number of nitrogens with zero attached hydrogens (tertiary/aromatic N) is 5. The standard InChI is InChI=1S/C21H27N5O/c1-17-16-19(20(27)25-10-6-3-7-11-25)23-21(22-17)26-14-12-24(13-15-26)18-8-4-2-5-9-18/h2,4-5,8-9,16H,3,6-7,10-15H2,1H3. The number of anilines is 2. The second kappa shape index (κ2) is 7.94. The molecule has 0 spiro atoms. The van der Waals surface area contributed by atoms with Gasteiger partial charge >= 0.3 is 0 Å². The van der Waals surface area contributed by atoms with Gasteiger partial charge in [-0.3, -0.25) is 4.79 Å². The fraction of sp³-hybridized carbons (Fsp3) is 0.476. The van der Waals surface area contributed by atoms with Crippen molar-refractivity contribution in [2.75, 3.05) is 49.1 Å². The Morgan fingerprint density at radius 2 is 1.52 bits per heavy atom. The fourth-order valence-electron chi connectivity index (χ4n) is 3.87. The van der Waals surface area contributed by atoms with E-state index in [1.54, 1.807) is 0 Å². The van der Waals surface area contributed by atoms with E-state index in [9.17, 15) is 4.79 Å². The Bertz CT molecular complexity index is 780. The Balaban J connectivity index is 1.46. The van der Waals surface area contributed by atoms with E-state index in [4.69, 9.17) is 0 Å². The smallest absolute Gasteiger partial charge is 0.272 e. The van der Waals surface area contributed by atoms with Crippen molar-refractivity contribution in [1.29, 1.82) is 0 Å². The van der Waals surface area contributed by atoms with Crippen LogP contribution in [-0.4, -0.2) is 60.0 Å². The second-order valence-electron chi connectivity index (χ2n) is 7.36. The highest BCUT2D eigenvalue weighted by molar-refractivity contribution is 5.92. The first-order chi connectivity index (χ1) is 13.2. The minimum atomic E-state index is 0.0457. The van der Waals surface area contributed by atoms with Crippen molar-refractivity contribution in [3.05, 3.63) is 47.8 Å². The molecule has 0 bridgehead atoms. The zero-order valence-electron chi connectivity index (χ0n) is 16.0. The summed E-state index contributed by atoms with van der Waals surface area (Å²) in [6, 6.07) is 12.3. The summed E-state index contributed by atoms with van der Waals surface area (Å²) in [4.78, 5) is 28.6. The van der Waals surface area contributed by atoms with Crippen molar-refractivity contribution in [2.24, 2.45) is 0 Å². The lowest BCUT2D eigenvalue weighted by atomic mass is 10.1. The average molecular weight is 365 g/mol. The Hall–Kier alpha value is -2.63. The Morgan fingerprint density at radius 3 is 2.22 bits per heavy atom. The Labute approximate surface area is 160 Å². The zero-order chi connectivity index (χ0) is 18.6. The minimum Gasteiger partial charge on any atom is -0.368 e. The summed E-state index contributed by atoms with van der Waals surface area (Å²) >= 11 is 0. The average Bonchev–Trinajstić information content (AvgIpc) is 2.74. The molecule has 2 aliphatic rings. The molecule has 1 aromatic heterocycles. The maximum Gasteiger partial charge on any atom is 0.272 e. The van der Waals surface area contributed by atoms with E-state index in [2.05, 4.69) is 44.0 Å². The third-order valence-electron chi connectivity index (χ3n) is 5.39. The lowest BCUT2D eigenvalue weighted by molar-refractivity contribution is 0.0718. The van der Waals surface area contributed by atoms with Crippen LogP contribution in [0.25, 0.3) is 0 Å². The maximum absolute atomic E-state index is 12.8. The number of carbonyl (C=O) groups is 1. The van der Waals surface area contributed by atoms with E-state index < -0.39 is 0 Å². The molecule has 27 heavy (non-hydrogen) atoms. The number of amides is 1. The van der Waals surface area contributed by atoms with E-state index in [-0.39, 0.29) is 5.91 Å². The van der Waals surface area contributed by atoms with Crippen LogP contribution in [0.2, 0.25) is 0 Å². The van der Waals surface area contributed by atoms with E-state index in [1.165, 1.54) is 12.1 Å². The SMILES string of the molecule is Cc1cc(C(=O)N2CCCCC2)nc(N2CCN(c3ccccc3)CC2)n1. The summed E-state index contributed by atoms with van der Waals surface area (Å²) in [6.07, 6.45) is 3.39. The topological polar surface area (TPSA) is 52.6 Å². The van der Waals surface area contributed by atoms with Gasteiger partial charge in [0.1, 0.15) is 5.69 Å². The molecule has 1 aromatic carbocycles. The first-order valence-electron chi connectivity index (χ1n) is 9.90. The van der Waals surface area contributed by atoms with Gasteiger partial charge in [0.05, 0.1) is 0 Å². The molecule has 142 valence electrons. The molecule has 3 heterocycles. The molecule has 0 saturated carbocycles. The second-order valence-corrected chi connectivity index (χ2v) is 7.36. The quantitative estimate of drug-likeness (QED) is 0.837. The number of aromatic nitrogens is 2. The maximum atomic E-state index is 12.8. The van der Waals surface area contributed by atoms with Crippen molar-refractivity contribution in [3.63, 3.8) is 0 Å². The third kappa shape index (κ3) is 4.04. The van der Waals surface area contributed by atoms with Gasteiger partial charge in [-0.05, 0) is 44.4 Å². The van der Waals surface area contributed by atoms with E-state index in [0.717, 1.165) is 57.8 Å². The van der Waals surface area contributed by atoms with Crippen LogP contribution in [0.4, 0.5) is 11.6 Å². The van der Waals surface area contributed by atoms with Gasteiger partial charge in [0, 0.05) is 50.6 Å². The van der Waals surface area contributed by atoms with Crippen LogP contribution in [0.15, 0.2) is 36.4 Å². The lowest BCUT2D eigenvalue weighted by Gasteiger charge is -2.36. The number of aryl methyl sites for hydroxylation is 1. The number of piperidine rings is 1. The molecule has 2 aliphatic heterocycles. The molecular weight excluding hydrogens is 338 g/mol. The molecular formula is C21H27N5O. The zero-order valence-corrected chi connectivity index (χ0v) is 16.0. The van der Waals surface area contributed by atoms with Gasteiger partial charge in [-0.25, -0.2) is 9.97 Å². The summed E-state index contributed by atoms with van der Waals surface area (Å²) in [5, 5.41) is 0. The molecule has 2 fully saturated rings. The van der Waals surface area contributed by atoms with E-state index in [0.29, 0.717) is 11.6 Å². The van der Waals surface area contributed by atoms with Gasteiger partial charge in [0.15, 0.2) is 0 Å². The molecule has 0 atom stereocenters. The highest BCUT2D eigenvalue weighted by atomic mass is 16.2. The van der Waals surface area contributed by atoms with Crippen LogP contribution in [0, 0.1) is 6.92 Å². The van der Waals surface area contributed by atoms with Crippen LogP contribution < -0.4 is 9.80 Å². The predicted octanol–water partition coefficient (Wildman–Crippen LogP) is 2.74. The molecule has 0 unspecified atom stereocenters. The molecule has 0 aliphatic carbocycles. The van der Waals surface area contributed by atoms with Gasteiger partial charge in [-0.15, -0.1) is 0 Å². The fourth-order valence-corrected chi connectivity index (χ4v) is 3.87. The van der Waals surface area contributed by atoms with Crippen LogP contribution in [0.1, 0.15) is 35.4 Å². The minimum absolute atomic E-state index is 0.0457. The molecule has 6 heteroatoms. The van der Waals surface area contributed by atoms with Crippen molar-refractivity contribution in [1.82, 2.24) is 14.9 Å². The van der Waals surface area contributed by atoms with Crippen LogP contribution >= 0.6 is 0 Å². The normalized spacial score (nSPS) is 17.9. The third-order valence-corrected chi connectivity index (χ3v) is 5.39. The van der Waals surface area contributed by atoms with Gasteiger partial charge in [0.25, 0.3) is 5.91 Å². The first-order valence-corrected chi connectivity index (χ1v) is 9.90. The van der Waals surface area contributed by atoms with Gasteiger partial charge in [-0.1, -0.05) is 18.2 Å². The van der Waals surface area contributed by atoms with Crippen LogP contribution in [0.5, 0.6) is 0 Å². The van der Waals surface area contributed by atoms with Crippen molar-refractivity contribution in [2.45, 2.75) is 26.2 Å². The molecule has 2 saturated heterocycles. The molecule has 4 rings (SSSR count). The summed E-state index contributed by atoms with van der Waals surface area (Å²) in [5.74, 6) is 0.729. The molecule has 0 N–H and O–H groups in total. The molecule has 1 amide bonds. The number of carbonyl (C=O) groups excluding carboxylic acids is 1.